The van der Waals surface area contributed by atoms with Crippen LogP contribution in [0.1, 0.15) is 110 Å². The molecule has 0 saturated heterocycles. The Hall–Kier alpha value is -0.140. The number of esters is 1. The molecule has 0 aromatic rings. The Morgan fingerprint density at radius 2 is 1.04 bits per heavy atom. The van der Waals surface area contributed by atoms with E-state index in [9.17, 15) is 4.79 Å². The molecule has 0 N–H and O–H groups in total. The number of ether oxygens (including phenoxy) is 1. The summed E-state index contributed by atoms with van der Waals surface area (Å²) in [7, 11) is 2.06. The molecule has 1 atom stereocenters. The molecule has 0 radical (unpaired) electrons. The Balaban J connectivity index is 3.01. The van der Waals surface area contributed by atoms with E-state index in [4.69, 9.17) is 4.74 Å². The van der Waals surface area contributed by atoms with Gasteiger partial charge in [-0.15, -0.1) is 0 Å². The molecular formula is C20H41O3P. The molecule has 0 amide bonds. The fourth-order valence-corrected chi connectivity index (χ4v) is 3.08. The molecule has 0 aliphatic carbocycles. The topological polar surface area (TPSA) is 35.5 Å². The summed E-state index contributed by atoms with van der Waals surface area (Å²) in [6, 6.07) is 0. The molecule has 4 heteroatoms. The lowest BCUT2D eigenvalue weighted by atomic mass is 10.0. The molecule has 0 saturated carbocycles. The third kappa shape index (κ3) is 19.9. The van der Waals surface area contributed by atoms with Gasteiger partial charge in [0.2, 0.25) is 0 Å². The van der Waals surface area contributed by atoms with E-state index in [1.807, 2.05) is 0 Å². The Morgan fingerprint density at radius 3 is 1.42 bits per heavy atom. The number of rotatable bonds is 19. The van der Waals surface area contributed by atoms with Gasteiger partial charge >= 0.3 is 5.97 Å². The van der Waals surface area contributed by atoms with Gasteiger partial charge in [0, 0.05) is 9.47 Å². The summed E-state index contributed by atoms with van der Waals surface area (Å²) < 4.78 is 9.65. The molecule has 0 heterocycles. The van der Waals surface area contributed by atoms with Crippen LogP contribution < -0.4 is 0 Å². The average molecular weight is 361 g/mol. The van der Waals surface area contributed by atoms with E-state index < -0.39 is 0 Å². The van der Waals surface area contributed by atoms with Crippen LogP contribution in [0.3, 0.4) is 0 Å². The minimum Gasteiger partial charge on any atom is -0.464 e. The minimum atomic E-state index is -0.272. The highest BCUT2D eigenvalue weighted by molar-refractivity contribution is 7.09. The van der Waals surface area contributed by atoms with E-state index in [2.05, 4.69) is 20.9 Å². The van der Waals surface area contributed by atoms with Crippen LogP contribution in [0.4, 0.5) is 0 Å². The SMILES string of the molecule is CCCCCCCCCCCCCCCCCCOC(=O)COP. The van der Waals surface area contributed by atoms with E-state index in [1.54, 1.807) is 0 Å². The molecule has 0 spiro atoms. The first-order valence-electron chi connectivity index (χ1n) is 10.3. The maximum atomic E-state index is 11.0. The number of carbonyl (C=O) groups excluding carboxylic acids is 1. The van der Waals surface area contributed by atoms with Crippen LogP contribution in [0, 0.1) is 0 Å². The maximum Gasteiger partial charge on any atom is 0.332 e. The molecule has 24 heavy (non-hydrogen) atoms. The van der Waals surface area contributed by atoms with Gasteiger partial charge in [-0.3, -0.25) is 0 Å². The van der Waals surface area contributed by atoms with Crippen molar-refractivity contribution in [2.24, 2.45) is 0 Å². The largest absolute Gasteiger partial charge is 0.464 e. The first-order chi connectivity index (χ1) is 11.8. The second-order valence-electron chi connectivity index (χ2n) is 6.83. The van der Waals surface area contributed by atoms with Crippen molar-refractivity contribution < 1.29 is 14.1 Å². The molecule has 0 fully saturated rings. The molecule has 0 rings (SSSR count). The zero-order valence-electron chi connectivity index (χ0n) is 16.0. The van der Waals surface area contributed by atoms with Gasteiger partial charge in [-0.1, -0.05) is 103 Å². The summed E-state index contributed by atoms with van der Waals surface area (Å²) in [4.78, 5) is 11.0. The van der Waals surface area contributed by atoms with Crippen LogP contribution in [0.2, 0.25) is 0 Å². The molecule has 3 nitrogen and oxygen atoms in total. The smallest absolute Gasteiger partial charge is 0.332 e. The highest BCUT2D eigenvalue weighted by Gasteiger charge is 2.00. The van der Waals surface area contributed by atoms with E-state index in [-0.39, 0.29) is 12.6 Å². The fourth-order valence-electron chi connectivity index (χ4n) is 2.95. The number of unbranched alkanes of at least 4 members (excludes halogenated alkanes) is 15. The van der Waals surface area contributed by atoms with Crippen LogP contribution in [-0.4, -0.2) is 19.2 Å². The second kappa shape index (κ2) is 20.9. The third-order valence-electron chi connectivity index (χ3n) is 4.46. The van der Waals surface area contributed by atoms with Crippen molar-refractivity contribution in [3.05, 3.63) is 0 Å². The van der Waals surface area contributed by atoms with E-state index in [0.29, 0.717) is 6.61 Å². The Bertz CT molecular complexity index is 259. The van der Waals surface area contributed by atoms with Gasteiger partial charge in [-0.25, -0.2) is 4.79 Å². The van der Waals surface area contributed by atoms with Crippen LogP contribution in [0.15, 0.2) is 0 Å². The van der Waals surface area contributed by atoms with E-state index in [1.165, 1.54) is 89.9 Å². The van der Waals surface area contributed by atoms with Crippen LogP contribution in [0.25, 0.3) is 0 Å². The van der Waals surface area contributed by atoms with Crippen molar-refractivity contribution in [3.63, 3.8) is 0 Å². The summed E-state index contributed by atoms with van der Waals surface area (Å²) in [6.07, 6.45) is 21.7. The van der Waals surface area contributed by atoms with Crippen molar-refractivity contribution >= 4 is 15.4 Å². The summed E-state index contributed by atoms with van der Waals surface area (Å²) in [6.45, 7) is 2.84. The zero-order valence-corrected chi connectivity index (χ0v) is 17.2. The van der Waals surface area contributed by atoms with Crippen LogP contribution in [0.5, 0.6) is 0 Å². The van der Waals surface area contributed by atoms with Crippen molar-refractivity contribution in [1.29, 1.82) is 0 Å². The maximum absolute atomic E-state index is 11.0. The van der Waals surface area contributed by atoms with Gasteiger partial charge in [0.05, 0.1) is 6.61 Å². The highest BCUT2D eigenvalue weighted by Crippen LogP contribution is 2.13. The van der Waals surface area contributed by atoms with Gasteiger partial charge < -0.3 is 9.26 Å². The van der Waals surface area contributed by atoms with Crippen LogP contribution >= 0.6 is 9.47 Å². The minimum absolute atomic E-state index is 0.0313. The molecule has 0 aliphatic rings. The van der Waals surface area contributed by atoms with Gasteiger partial charge in [0.25, 0.3) is 0 Å². The lowest BCUT2D eigenvalue weighted by molar-refractivity contribution is -0.145. The van der Waals surface area contributed by atoms with Crippen LogP contribution in [-0.2, 0) is 14.1 Å². The number of hydrogen-bond donors (Lipinski definition) is 0. The first-order valence-corrected chi connectivity index (χ1v) is 10.8. The molecular weight excluding hydrogens is 319 g/mol. The molecule has 0 aliphatic heterocycles. The summed E-state index contributed by atoms with van der Waals surface area (Å²) in [5, 5.41) is 0. The standard InChI is InChI=1S/C20H41O3P/c1-2-3-4-5-6-7-8-9-10-11-12-13-14-15-16-17-18-22-20(21)19-23-24/h2-19,24H2,1H3. The molecule has 0 bridgehead atoms. The van der Waals surface area contributed by atoms with Crippen molar-refractivity contribution in [2.45, 2.75) is 110 Å². The Labute approximate surface area is 152 Å². The lowest BCUT2D eigenvalue weighted by Crippen LogP contribution is -2.10. The Kier molecular flexibility index (Phi) is 20.8. The highest BCUT2D eigenvalue weighted by atomic mass is 31.0. The van der Waals surface area contributed by atoms with Gasteiger partial charge in [0.1, 0.15) is 6.61 Å². The van der Waals surface area contributed by atoms with E-state index in [0.717, 1.165) is 12.8 Å². The average Bonchev–Trinajstić information content (AvgIpc) is 2.58. The van der Waals surface area contributed by atoms with Gasteiger partial charge in [-0.2, -0.15) is 0 Å². The molecule has 144 valence electrons. The fraction of sp³-hybridized carbons (Fsp3) is 0.950. The Morgan fingerprint density at radius 1 is 0.667 bits per heavy atom. The lowest BCUT2D eigenvalue weighted by Gasteiger charge is -2.04. The van der Waals surface area contributed by atoms with E-state index >= 15 is 0 Å². The van der Waals surface area contributed by atoms with Crippen molar-refractivity contribution in [1.82, 2.24) is 0 Å². The summed E-state index contributed by atoms with van der Waals surface area (Å²) in [5.74, 6) is -0.272. The first kappa shape index (κ1) is 23.9. The van der Waals surface area contributed by atoms with Crippen molar-refractivity contribution in [3.8, 4) is 0 Å². The number of carbonyl (C=O) groups is 1. The second-order valence-corrected chi connectivity index (χ2v) is 7.17. The normalized spacial score (nSPS) is 10.9. The number of hydrogen-bond acceptors (Lipinski definition) is 3. The van der Waals surface area contributed by atoms with Crippen molar-refractivity contribution in [2.75, 3.05) is 13.2 Å². The monoisotopic (exact) mass is 360 g/mol. The predicted octanol–water partition coefficient (Wildman–Crippen LogP) is 6.60. The van der Waals surface area contributed by atoms with Gasteiger partial charge in [0.15, 0.2) is 0 Å². The zero-order chi connectivity index (χ0) is 17.7. The molecule has 0 aromatic carbocycles. The summed E-state index contributed by atoms with van der Waals surface area (Å²) >= 11 is 0. The molecule has 0 aromatic heterocycles. The molecule has 1 unspecified atom stereocenters. The predicted molar refractivity (Wildman–Crippen MR) is 106 cm³/mol. The third-order valence-corrected chi connectivity index (χ3v) is 4.63. The quantitative estimate of drug-likeness (QED) is 0.148. The summed E-state index contributed by atoms with van der Waals surface area (Å²) in [5.41, 5.74) is 0. The van der Waals surface area contributed by atoms with Gasteiger partial charge in [-0.05, 0) is 6.42 Å².